The van der Waals surface area contributed by atoms with E-state index in [2.05, 4.69) is 9.97 Å². The van der Waals surface area contributed by atoms with E-state index in [1.807, 2.05) is 0 Å². The van der Waals surface area contributed by atoms with Gasteiger partial charge in [0.15, 0.2) is 0 Å². The predicted octanol–water partition coefficient (Wildman–Crippen LogP) is 1.90. The van der Waals surface area contributed by atoms with Gasteiger partial charge in [0.1, 0.15) is 12.3 Å². The molecule has 1 unspecified atom stereocenters. The number of rotatable bonds is 4. The van der Waals surface area contributed by atoms with Gasteiger partial charge in [-0.05, 0) is 31.4 Å². The Morgan fingerprint density at radius 2 is 2.39 bits per heavy atom. The second kappa shape index (κ2) is 5.45. The molecule has 1 saturated heterocycles. The summed E-state index contributed by atoms with van der Waals surface area (Å²) in [7, 11) is 0. The van der Waals surface area contributed by atoms with Gasteiger partial charge in [0.05, 0.1) is 11.0 Å². The number of hydrogen-bond acceptors (Lipinski definition) is 6. The van der Waals surface area contributed by atoms with Crippen LogP contribution in [0.1, 0.15) is 18.5 Å². The van der Waals surface area contributed by atoms with Gasteiger partial charge in [-0.15, -0.1) is 0 Å². The quantitative estimate of drug-likeness (QED) is 0.473. The van der Waals surface area contributed by atoms with Crippen LogP contribution in [0.4, 0.5) is 5.69 Å². The van der Waals surface area contributed by atoms with Crippen LogP contribution in [0.3, 0.4) is 0 Å². The van der Waals surface area contributed by atoms with Gasteiger partial charge in [0, 0.05) is 6.61 Å². The number of halogens is 1. The highest BCUT2D eigenvalue weighted by Gasteiger charge is 2.25. The molecule has 0 aliphatic carbocycles. The van der Waals surface area contributed by atoms with E-state index in [-0.39, 0.29) is 35.3 Å². The molecule has 1 aliphatic rings. The van der Waals surface area contributed by atoms with Gasteiger partial charge in [-0.25, -0.2) is 4.98 Å². The minimum Gasteiger partial charge on any atom is -0.470 e. The van der Waals surface area contributed by atoms with E-state index in [9.17, 15) is 10.1 Å². The van der Waals surface area contributed by atoms with Crippen LogP contribution in [0.2, 0.25) is 5.28 Å². The van der Waals surface area contributed by atoms with Crippen molar-refractivity contribution in [2.75, 3.05) is 13.2 Å². The van der Waals surface area contributed by atoms with Crippen LogP contribution in [-0.2, 0) is 4.74 Å². The molecule has 1 fully saturated rings. The van der Waals surface area contributed by atoms with Crippen LogP contribution < -0.4 is 4.74 Å². The monoisotopic (exact) mass is 273 g/mol. The van der Waals surface area contributed by atoms with Crippen LogP contribution in [0.25, 0.3) is 0 Å². The summed E-state index contributed by atoms with van der Waals surface area (Å²) >= 11 is 5.67. The molecule has 1 aromatic heterocycles. The van der Waals surface area contributed by atoms with Crippen LogP contribution >= 0.6 is 11.6 Å². The number of ether oxygens (including phenoxy) is 2. The highest BCUT2D eigenvalue weighted by Crippen LogP contribution is 2.29. The van der Waals surface area contributed by atoms with Crippen LogP contribution in [0.15, 0.2) is 0 Å². The van der Waals surface area contributed by atoms with Gasteiger partial charge in [0.2, 0.25) is 5.28 Å². The first-order valence-corrected chi connectivity index (χ1v) is 5.88. The number of hydrogen-bond donors (Lipinski definition) is 0. The van der Waals surface area contributed by atoms with Crippen molar-refractivity contribution in [3.8, 4) is 5.88 Å². The second-order valence-corrected chi connectivity index (χ2v) is 4.27. The topological polar surface area (TPSA) is 87.4 Å². The molecular formula is C10H12ClN3O4. The summed E-state index contributed by atoms with van der Waals surface area (Å²) in [6.07, 6.45) is 1.81. The molecular weight excluding hydrogens is 262 g/mol. The molecule has 1 aliphatic heterocycles. The number of aromatic nitrogens is 2. The second-order valence-electron chi connectivity index (χ2n) is 3.93. The van der Waals surface area contributed by atoms with E-state index < -0.39 is 4.92 Å². The van der Waals surface area contributed by atoms with Crippen molar-refractivity contribution in [3.63, 3.8) is 0 Å². The van der Waals surface area contributed by atoms with Crippen molar-refractivity contribution in [2.24, 2.45) is 0 Å². The summed E-state index contributed by atoms with van der Waals surface area (Å²) in [6.45, 7) is 2.41. The van der Waals surface area contributed by atoms with Gasteiger partial charge in [-0.2, -0.15) is 4.98 Å². The Labute approximate surface area is 108 Å². The molecule has 18 heavy (non-hydrogen) atoms. The van der Waals surface area contributed by atoms with Crippen LogP contribution in [0, 0.1) is 17.0 Å². The number of nitro groups is 1. The highest BCUT2D eigenvalue weighted by atomic mass is 35.5. The third-order valence-corrected chi connectivity index (χ3v) is 2.78. The fourth-order valence-corrected chi connectivity index (χ4v) is 1.97. The Kier molecular flexibility index (Phi) is 3.93. The van der Waals surface area contributed by atoms with E-state index in [1.54, 1.807) is 0 Å². The third kappa shape index (κ3) is 2.85. The summed E-state index contributed by atoms with van der Waals surface area (Å²) in [5, 5.41) is 10.9. The van der Waals surface area contributed by atoms with E-state index in [0.717, 1.165) is 12.8 Å². The molecule has 1 aromatic rings. The van der Waals surface area contributed by atoms with Gasteiger partial charge in [-0.1, -0.05) is 0 Å². The molecule has 0 amide bonds. The lowest BCUT2D eigenvalue weighted by Gasteiger charge is -2.11. The smallest absolute Gasteiger partial charge is 0.352 e. The van der Waals surface area contributed by atoms with Gasteiger partial charge in [0.25, 0.3) is 5.88 Å². The number of aryl methyl sites for hydroxylation is 1. The first kappa shape index (κ1) is 13.0. The maximum absolute atomic E-state index is 10.9. The normalized spacial score (nSPS) is 18.9. The van der Waals surface area contributed by atoms with Gasteiger partial charge < -0.3 is 9.47 Å². The first-order chi connectivity index (χ1) is 8.58. The van der Waals surface area contributed by atoms with Crippen molar-refractivity contribution >= 4 is 17.3 Å². The standard InChI is InChI=1S/C10H12ClN3O4/c1-6-8(14(15)16)9(13-10(11)12-6)18-5-7-3-2-4-17-7/h7H,2-5H2,1H3. The third-order valence-electron chi connectivity index (χ3n) is 2.61. The molecule has 0 saturated carbocycles. The maximum Gasteiger partial charge on any atom is 0.352 e. The maximum atomic E-state index is 10.9. The van der Waals surface area contributed by atoms with Crippen LogP contribution in [0.5, 0.6) is 5.88 Å². The zero-order valence-corrected chi connectivity index (χ0v) is 10.5. The molecule has 0 aromatic carbocycles. The first-order valence-electron chi connectivity index (χ1n) is 5.51. The Morgan fingerprint density at radius 1 is 1.61 bits per heavy atom. The zero-order chi connectivity index (χ0) is 13.1. The fourth-order valence-electron chi connectivity index (χ4n) is 1.77. The average Bonchev–Trinajstić information content (AvgIpc) is 2.77. The van der Waals surface area contributed by atoms with Crippen molar-refractivity contribution in [1.82, 2.24) is 9.97 Å². The van der Waals surface area contributed by atoms with Crippen molar-refractivity contribution in [2.45, 2.75) is 25.9 Å². The fraction of sp³-hybridized carbons (Fsp3) is 0.600. The molecule has 7 nitrogen and oxygen atoms in total. The van der Waals surface area contributed by atoms with Crippen molar-refractivity contribution in [3.05, 3.63) is 21.1 Å². The molecule has 2 rings (SSSR count). The summed E-state index contributed by atoms with van der Waals surface area (Å²) in [5.41, 5.74) is -0.0697. The predicted molar refractivity (Wildman–Crippen MR) is 62.9 cm³/mol. The minimum absolute atomic E-state index is 0.0429. The Morgan fingerprint density at radius 3 is 3.00 bits per heavy atom. The summed E-state index contributed by atoms with van der Waals surface area (Å²) in [4.78, 5) is 17.8. The van der Waals surface area contributed by atoms with Crippen molar-refractivity contribution in [1.29, 1.82) is 0 Å². The summed E-state index contributed by atoms with van der Waals surface area (Å²) < 4.78 is 10.7. The van der Waals surface area contributed by atoms with Gasteiger partial charge >= 0.3 is 5.69 Å². The van der Waals surface area contributed by atoms with Gasteiger partial charge in [-0.3, -0.25) is 10.1 Å². The zero-order valence-electron chi connectivity index (χ0n) is 9.76. The SMILES string of the molecule is Cc1nc(Cl)nc(OCC2CCCO2)c1[N+](=O)[O-]. The van der Waals surface area contributed by atoms with E-state index >= 15 is 0 Å². The van der Waals surface area contributed by atoms with Crippen LogP contribution in [-0.4, -0.2) is 34.2 Å². The summed E-state index contributed by atoms with van der Waals surface area (Å²) in [5.74, 6) is -0.104. The van der Waals surface area contributed by atoms with E-state index in [1.165, 1.54) is 6.92 Å². The largest absolute Gasteiger partial charge is 0.470 e. The average molecular weight is 274 g/mol. The molecule has 1 atom stereocenters. The molecule has 0 bridgehead atoms. The Hall–Kier alpha value is -1.47. The molecule has 8 heteroatoms. The van der Waals surface area contributed by atoms with Crippen molar-refractivity contribution < 1.29 is 14.4 Å². The molecule has 0 N–H and O–H groups in total. The van der Waals surface area contributed by atoms with E-state index in [0.29, 0.717) is 6.61 Å². The molecule has 2 heterocycles. The molecule has 0 spiro atoms. The summed E-state index contributed by atoms with van der Waals surface area (Å²) in [6, 6.07) is 0. The molecule has 0 radical (unpaired) electrons. The molecule has 98 valence electrons. The minimum atomic E-state index is -0.573. The Bertz CT molecular complexity index is 463. The lowest BCUT2D eigenvalue weighted by atomic mass is 10.2. The van der Waals surface area contributed by atoms with E-state index in [4.69, 9.17) is 21.1 Å². The number of nitrogens with zero attached hydrogens (tertiary/aromatic N) is 3. The highest BCUT2D eigenvalue weighted by molar-refractivity contribution is 6.28. The lowest BCUT2D eigenvalue weighted by Crippen LogP contribution is -2.17. The Balaban J connectivity index is 2.16. The lowest BCUT2D eigenvalue weighted by molar-refractivity contribution is -0.387.